The molecule has 1 N–H and O–H groups in total. The fourth-order valence-electron chi connectivity index (χ4n) is 4.04. The Morgan fingerprint density at radius 1 is 1.35 bits per heavy atom. The summed E-state index contributed by atoms with van der Waals surface area (Å²) in [7, 11) is 0. The second-order valence-electron chi connectivity index (χ2n) is 7.17. The van der Waals surface area contributed by atoms with Crippen LogP contribution in [0.15, 0.2) is 27.3 Å². The summed E-state index contributed by atoms with van der Waals surface area (Å²) in [6.45, 7) is 6.15. The van der Waals surface area contributed by atoms with Gasteiger partial charge in [-0.2, -0.15) is 0 Å². The number of aryl methyl sites for hydroxylation is 2. The number of amides is 1. The third-order valence-corrected chi connectivity index (χ3v) is 5.51. The minimum Gasteiger partial charge on any atom is -0.467 e. The molecule has 0 unspecified atom stereocenters. The predicted molar refractivity (Wildman–Crippen MR) is 93.2 cm³/mol. The van der Waals surface area contributed by atoms with Crippen LogP contribution in [0.5, 0.6) is 0 Å². The van der Waals surface area contributed by atoms with Crippen LogP contribution in [-0.2, 0) is 22.6 Å². The number of ether oxygens (including phenoxy) is 1. The lowest BCUT2D eigenvalue weighted by Gasteiger charge is -2.35. The average molecular weight is 359 g/mol. The normalized spacial score (nSPS) is 26.0. The lowest BCUT2D eigenvalue weighted by atomic mass is 9.98. The number of aromatic nitrogens is 1. The van der Waals surface area contributed by atoms with Crippen molar-refractivity contribution in [3.8, 4) is 0 Å². The number of likely N-dealkylation sites (tertiary alicyclic amines) is 1. The second-order valence-corrected chi connectivity index (χ2v) is 7.17. The van der Waals surface area contributed by atoms with Crippen molar-refractivity contribution in [3.63, 3.8) is 0 Å². The summed E-state index contributed by atoms with van der Waals surface area (Å²) in [6.07, 6.45) is 4.01. The number of carbonyl (C=O) groups excluding carboxylic acids is 1. The van der Waals surface area contributed by atoms with Gasteiger partial charge in [0.2, 0.25) is 5.91 Å². The number of nitrogens with zero attached hydrogens (tertiary/aromatic N) is 2. The Kier molecular flexibility index (Phi) is 4.82. The minimum atomic E-state index is -0.370. The van der Waals surface area contributed by atoms with Crippen molar-refractivity contribution in [2.24, 2.45) is 0 Å². The fraction of sp³-hybridized carbons (Fsp3) is 0.579. The van der Waals surface area contributed by atoms with Gasteiger partial charge < -0.3 is 19.0 Å². The van der Waals surface area contributed by atoms with E-state index in [1.807, 2.05) is 26.0 Å². The molecule has 1 amide bonds. The SMILES string of the molecule is Cc1noc(C)c1CN1CC[C@H]2O[C@H](C(=O)NCc3ccco3)CC[C@H]21. The summed E-state index contributed by atoms with van der Waals surface area (Å²) in [5.41, 5.74) is 2.13. The molecule has 2 aromatic rings. The molecule has 0 aromatic carbocycles. The van der Waals surface area contributed by atoms with E-state index in [9.17, 15) is 4.79 Å². The van der Waals surface area contributed by atoms with Crippen molar-refractivity contribution in [2.75, 3.05) is 6.54 Å². The van der Waals surface area contributed by atoms with E-state index in [4.69, 9.17) is 13.7 Å². The highest BCUT2D eigenvalue weighted by molar-refractivity contribution is 5.80. The maximum absolute atomic E-state index is 12.4. The Bertz CT molecular complexity index is 735. The van der Waals surface area contributed by atoms with E-state index in [1.54, 1.807) is 6.26 Å². The topological polar surface area (TPSA) is 80.7 Å². The molecule has 3 atom stereocenters. The third-order valence-electron chi connectivity index (χ3n) is 5.51. The van der Waals surface area contributed by atoms with Crippen LogP contribution in [-0.4, -0.2) is 40.8 Å². The molecule has 7 nitrogen and oxygen atoms in total. The maximum atomic E-state index is 12.4. The number of fused-ring (bicyclic) bond motifs is 1. The highest BCUT2D eigenvalue weighted by atomic mass is 16.5. The van der Waals surface area contributed by atoms with Crippen molar-refractivity contribution in [2.45, 2.75) is 64.4 Å². The van der Waals surface area contributed by atoms with E-state index in [0.29, 0.717) is 12.6 Å². The van der Waals surface area contributed by atoms with Gasteiger partial charge in [0, 0.05) is 24.7 Å². The lowest BCUT2D eigenvalue weighted by molar-refractivity contribution is -0.144. The van der Waals surface area contributed by atoms with E-state index in [2.05, 4.69) is 15.4 Å². The van der Waals surface area contributed by atoms with Gasteiger partial charge in [-0.3, -0.25) is 9.69 Å². The number of furan rings is 1. The van der Waals surface area contributed by atoms with Gasteiger partial charge in [-0.15, -0.1) is 0 Å². The molecule has 4 heterocycles. The van der Waals surface area contributed by atoms with Crippen LogP contribution < -0.4 is 5.32 Å². The molecule has 26 heavy (non-hydrogen) atoms. The monoisotopic (exact) mass is 359 g/mol. The van der Waals surface area contributed by atoms with E-state index in [-0.39, 0.29) is 18.1 Å². The van der Waals surface area contributed by atoms with Crippen molar-refractivity contribution in [1.82, 2.24) is 15.4 Å². The molecule has 0 radical (unpaired) electrons. The Balaban J connectivity index is 1.32. The molecule has 2 aromatic heterocycles. The van der Waals surface area contributed by atoms with Crippen LogP contribution in [0.4, 0.5) is 0 Å². The highest BCUT2D eigenvalue weighted by Gasteiger charge is 2.41. The number of nitrogens with one attached hydrogen (secondary N) is 1. The van der Waals surface area contributed by atoms with E-state index in [0.717, 1.165) is 49.6 Å². The number of hydrogen-bond acceptors (Lipinski definition) is 6. The van der Waals surface area contributed by atoms with Crippen molar-refractivity contribution in [1.29, 1.82) is 0 Å². The molecule has 0 aliphatic carbocycles. The second kappa shape index (κ2) is 7.25. The zero-order chi connectivity index (χ0) is 18.1. The summed E-state index contributed by atoms with van der Waals surface area (Å²) < 4.78 is 16.7. The molecule has 0 spiro atoms. The smallest absolute Gasteiger partial charge is 0.249 e. The van der Waals surface area contributed by atoms with Crippen LogP contribution in [0.3, 0.4) is 0 Å². The molecule has 2 aliphatic rings. The quantitative estimate of drug-likeness (QED) is 0.882. The summed E-state index contributed by atoms with van der Waals surface area (Å²) >= 11 is 0. The first-order valence-electron chi connectivity index (χ1n) is 9.23. The van der Waals surface area contributed by atoms with Crippen LogP contribution in [0, 0.1) is 13.8 Å². The van der Waals surface area contributed by atoms with Gasteiger partial charge in [0.15, 0.2) is 0 Å². The maximum Gasteiger partial charge on any atom is 0.249 e. The van der Waals surface area contributed by atoms with Gasteiger partial charge >= 0.3 is 0 Å². The molecule has 2 fully saturated rings. The first-order valence-corrected chi connectivity index (χ1v) is 9.23. The first-order chi connectivity index (χ1) is 12.6. The van der Waals surface area contributed by atoms with Crippen LogP contribution >= 0.6 is 0 Å². The van der Waals surface area contributed by atoms with Gasteiger partial charge in [0.25, 0.3) is 0 Å². The summed E-state index contributed by atoms with van der Waals surface area (Å²) in [6, 6.07) is 4.02. The van der Waals surface area contributed by atoms with E-state index >= 15 is 0 Å². The standard InChI is InChI=1S/C19H25N3O4/c1-12-15(13(2)26-21-12)11-22-8-7-17-16(22)5-6-18(25-17)19(23)20-10-14-4-3-9-24-14/h3-4,9,16-18H,5-8,10-11H2,1-2H3,(H,20,23)/t16-,17-,18+/m1/s1. The summed E-state index contributed by atoms with van der Waals surface area (Å²) in [5, 5.41) is 6.95. The van der Waals surface area contributed by atoms with Crippen molar-refractivity contribution < 1.29 is 18.5 Å². The van der Waals surface area contributed by atoms with Crippen LogP contribution in [0.1, 0.15) is 42.0 Å². The van der Waals surface area contributed by atoms with Crippen molar-refractivity contribution in [3.05, 3.63) is 41.2 Å². The van der Waals surface area contributed by atoms with Crippen LogP contribution in [0.2, 0.25) is 0 Å². The first kappa shape index (κ1) is 17.3. The third kappa shape index (κ3) is 3.41. The molecule has 0 bridgehead atoms. The number of hydrogen-bond donors (Lipinski definition) is 1. The summed E-state index contributed by atoms with van der Waals surface area (Å²) in [5.74, 6) is 1.58. The average Bonchev–Trinajstić information content (AvgIpc) is 3.37. The van der Waals surface area contributed by atoms with Gasteiger partial charge in [0.05, 0.1) is 24.6 Å². The Morgan fingerprint density at radius 3 is 2.96 bits per heavy atom. The van der Waals surface area contributed by atoms with Gasteiger partial charge in [-0.25, -0.2) is 0 Å². The van der Waals surface area contributed by atoms with E-state index < -0.39 is 0 Å². The van der Waals surface area contributed by atoms with Gasteiger partial charge in [-0.05, 0) is 45.2 Å². The molecule has 2 aliphatic heterocycles. The predicted octanol–water partition coefficient (Wildman–Crippen LogP) is 2.32. The molecule has 0 saturated carbocycles. The summed E-state index contributed by atoms with van der Waals surface area (Å²) in [4.78, 5) is 14.8. The lowest BCUT2D eigenvalue weighted by Crippen LogP contribution is -2.47. The molecule has 140 valence electrons. The zero-order valence-corrected chi connectivity index (χ0v) is 15.2. The molecule has 7 heteroatoms. The Morgan fingerprint density at radius 2 is 2.23 bits per heavy atom. The Hall–Kier alpha value is -2.12. The molecule has 4 rings (SSSR count). The molecule has 2 saturated heterocycles. The largest absolute Gasteiger partial charge is 0.467 e. The van der Waals surface area contributed by atoms with Crippen LogP contribution in [0.25, 0.3) is 0 Å². The zero-order valence-electron chi connectivity index (χ0n) is 15.2. The highest BCUT2D eigenvalue weighted by Crippen LogP contribution is 2.33. The molecular formula is C19H25N3O4. The van der Waals surface area contributed by atoms with Gasteiger partial charge in [-0.1, -0.05) is 5.16 Å². The fourth-order valence-corrected chi connectivity index (χ4v) is 4.04. The Labute approximate surface area is 152 Å². The number of rotatable bonds is 5. The van der Waals surface area contributed by atoms with Crippen molar-refractivity contribution >= 4 is 5.91 Å². The number of carbonyl (C=O) groups is 1. The minimum absolute atomic E-state index is 0.0518. The van der Waals surface area contributed by atoms with E-state index in [1.165, 1.54) is 5.56 Å². The van der Waals surface area contributed by atoms with Gasteiger partial charge in [0.1, 0.15) is 17.6 Å². The molecular weight excluding hydrogens is 334 g/mol.